The summed E-state index contributed by atoms with van der Waals surface area (Å²) >= 11 is 1.36. The summed E-state index contributed by atoms with van der Waals surface area (Å²) in [5, 5.41) is 7.03. The zero-order chi connectivity index (χ0) is 27.8. The van der Waals surface area contributed by atoms with Crippen molar-refractivity contribution in [3.05, 3.63) is 59.5 Å². The number of aromatic nitrogens is 5. The topological polar surface area (TPSA) is 146 Å². The number of hydrogen-bond donors (Lipinski definition) is 2. The molecule has 1 aliphatic heterocycles. The highest BCUT2D eigenvalue weighted by molar-refractivity contribution is 8.15. The highest BCUT2D eigenvalue weighted by atomic mass is 32.2. The second kappa shape index (κ2) is 10.3. The fourth-order valence-corrected chi connectivity index (χ4v) is 5.96. The first-order chi connectivity index (χ1) is 18.6. The highest BCUT2D eigenvalue weighted by Gasteiger charge is 2.44. The molecule has 0 spiro atoms. The van der Waals surface area contributed by atoms with Crippen LogP contribution in [0.3, 0.4) is 0 Å². The lowest BCUT2D eigenvalue weighted by Crippen LogP contribution is -2.43. The lowest BCUT2D eigenvalue weighted by Gasteiger charge is -2.41. The van der Waals surface area contributed by atoms with Gasteiger partial charge in [-0.2, -0.15) is 4.98 Å². The molecule has 14 heteroatoms. The number of methoxy groups -OCH3 is 1. The number of anilines is 2. The number of hydrogen-bond acceptors (Lipinski definition) is 12. The summed E-state index contributed by atoms with van der Waals surface area (Å²) in [5.41, 5.74) is 6.19. The third kappa shape index (κ3) is 5.61. The Kier molecular flexibility index (Phi) is 7.07. The first-order valence-corrected chi connectivity index (χ1v) is 12.7. The van der Waals surface area contributed by atoms with Crippen LogP contribution in [0.25, 0.3) is 11.0 Å². The number of thioether (sulfide) groups is 1. The molecule has 11 nitrogen and oxygen atoms in total. The van der Waals surface area contributed by atoms with Crippen molar-refractivity contribution in [3.8, 4) is 5.88 Å². The molecule has 39 heavy (non-hydrogen) atoms. The van der Waals surface area contributed by atoms with Gasteiger partial charge in [0.2, 0.25) is 5.88 Å². The van der Waals surface area contributed by atoms with Crippen molar-refractivity contribution in [2.24, 2.45) is 10.7 Å². The number of aliphatic imine (C=N–C) groups is 1. The molecule has 0 radical (unpaired) electrons. The quantitative estimate of drug-likeness (QED) is 0.318. The molecule has 0 amide bonds. The number of nitrogens with zero attached hydrogens (tertiary/aromatic N) is 6. The number of pyridine rings is 1. The van der Waals surface area contributed by atoms with Gasteiger partial charge in [-0.3, -0.25) is 4.99 Å². The van der Waals surface area contributed by atoms with Crippen molar-refractivity contribution in [1.29, 1.82) is 0 Å². The minimum Gasteiger partial charge on any atom is -0.466 e. The van der Waals surface area contributed by atoms with E-state index in [-0.39, 0.29) is 28.9 Å². The molecule has 0 saturated heterocycles. The Morgan fingerprint density at radius 3 is 2.77 bits per heavy atom. The minimum absolute atomic E-state index is 0.0303. The molecule has 0 saturated carbocycles. The van der Waals surface area contributed by atoms with E-state index in [0.717, 1.165) is 6.07 Å². The van der Waals surface area contributed by atoms with Crippen molar-refractivity contribution in [1.82, 2.24) is 25.1 Å². The van der Waals surface area contributed by atoms with Crippen LogP contribution in [0.4, 0.5) is 20.3 Å². The maximum Gasteiger partial charge on any atom is 0.264 e. The van der Waals surface area contributed by atoms with Crippen LogP contribution in [0.2, 0.25) is 0 Å². The van der Waals surface area contributed by atoms with Gasteiger partial charge in [-0.05, 0) is 39.3 Å². The van der Waals surface area contributed by atoms with E-state index < -0.39 is 21.9 Å². The van der Waals surface area contributed by atoms with Crippen molar-refractivity contribution >= 4 is 39.5 Å². The Morgan fingerprint density at radius 2 is 2.03 bits per heavy atom. The molecular weight excluding hydrogens is 530 g/mol. The summed E-state index contributed by atoms with van der Waals surface area (Å²) < 4.78 is 45.6. The minimum atomic E-state index is -1.12. The fourth-order valence-electron chi connectivity index (χ4n) is 4.68. The largest absolute Gasteiger partial charge is 0.466 e. The second-order valence-electron chi connectivity index (χ2n) is 9.59. The van der Waals surface area contributed by atoms with Crippen LogP contribution in [0.5, 0.6) is 5.88 Å². The molecule has 2 atom stereocenters. The first kappa shape index (κ1) is 26.7. The molecule has 1 aliphatic rings. The SMILES string of the molecule is COC[C@@]1(C)C[C@@](C)(c2cc(Nc3nccc4nc(OCc5nc(C)no5)cnc34)cc(F)c2F)N=C(N)S1. The smallest absolute Gasteiger partial charge is 0.264 e. The van der Waals surface area contributed by atoms with Gasteiger partial charge < -0.3 is 25.0 Å². The van der Waals surface area contributed by atoms with Gasteiger partial charge >= 0.3 is 0 Å². The Balaban J connectivity index is 1.44. The second-order valence-corrected chi connectivity index (χ2v) is 11.2. The zero-order valence-corrected chi connectivity index (χ0v) is 22.5. The summed E-state index contributed by atoms with van der Waals surface area (Å²) in [4.78, 5) is 21.8. The van der Waals surface area contributed by atoms with Crippen molar-refractivity contribution < 1.29 is 22.8 Å². The lowest BCUT2D eigenvalue weighted by atomic mass is 9.83. The Bertz CT molecular complexity index is 1570. The van der Waals surface area contributed by atoms with Gasteiger partial charge in [0.15, 0.2) is 35.1 Å². The van der Waals surface area contributed by atoms with Crippen LogP contribution in [0.1, 0.15) is 37.5 Å². The van der Waals surface area contributed by atoms with Gasteiger partial charge in [0.25, 0.3) is 5.89 Å². The van der Waals surface area contributed by atoms with E-state index in [1.165, 1.54) is 30.2 Å². The molecule has 204 valence electrons. The average molecular weight is 557 g/mol. The number of ether oxygens (including phenoxy) is 2. The Morgan fingerprint density at radius 1 is 1.21 bits per heavy atom. The van der Waals surface area contributed by atoms with Crippen LogP contribution in [-0.2, 0) is 16.9 Å². The number of nitrogens with one attached hydrogen (secondary N) is 1. The molecular formula is C25H26F2N8O3S. The maximum absolute atomic E-state index is 15.2. The molecule has 0 aliphatic carbocycles. The number of fused-ring (bicyclic) bond motifs is 1. The van der Waals surface area contributed by atoms with Gasteiger partial charge in [-0.1, -0.05) is 16.9 Å². The number of amidine groups is 1. The summed E-state index contributed by atoms with van der Waals surface area (Å²) in [7, 11) is 1.58. The molecule has 4 aromatic rings. The van der Waals surface area contributed by atoms with E-state index in [9.17, 15) is 4.39 Å². The zero-order valence-electron chi connectivity index (χ0n) is 21.7. The number of rotatable bonds is 8. The van der Waals surface area contributed by atoms with E-state index in [0.29, 0.717) is 41.6 Å². The molecule has 3 N–H and O–H groups in total. The maximum atomic E-state index is 15.2. The predicted octanol–water partition coefficient (Wildman–Crippen LogP) is 4.39. The lowest BCUT2D eigenvalue weighted by molar-refractivity contribution is 0.157. The van der Waals surface area contributed by atoms with Crippen LogP contribution in [0, 0.1) is 18.6 Å². The number of nitrogens with two attached hydrogens (primary N) is 1. The predicted molar refractivity (Wildman–Crippen MR) is 142 cm³/mol. The van der Waals surface area contributed by atoms with Crippen LogP contribution in [0.15, 0.2) is 40.1 Å². The molecule has 5 rings (SSSR count). The first-order valence-electron chi connectivity index (χ1n) is 11.9. The summed E-state index contributed by atoms with van der Waals surface area (Å²) in [6.07, 6.45) is 3.32. The van der Waals surface area contributed by atoms with E-state index in [1.807, 2.05) is 6.92 Å². The molecule has 4 heterocycles. The van der Waals surface area contributed by atoms with E-state index in [1.54, 1.807) is 27.0 Å². The van der Waals surface area contributed by atoms with Crippen molar-refractivity contribution in [2.45, 2.75) is 44.1 Å². The van der Waals surface area contributed by atoms with E-state index >= 15 is 4.39 Å². The number of benzene rings is 1. The van der Waals surface area contributed by atoms with Crippen LogP contribution < -0.4 is 15.8 Å². The molecule has 3 aromatic heterocycles. The fraction of sp³-hybridized carbons (Fsp3) is 0.360. The van der Waals surface area contributed by atoms with Gasteiger partial charge in [0.1, 0.15) is 5.52 Å². The van der Waals surface area contributed by atoms with Crippen molar-refractivity contribution in [2.75, 3.05) is 19.0 Å². The Hall–Kier alpha value is -3.91. The van der Waals surface area contributed by atoms with E-state index in [2.05, 4.69) is 35.4 Å². The third-order valence-electron chi connectivity index (χ3n) is 6.10. The average Bonchev–Trinajstić information content (AvgIpc) is 3.29. The van der Waals surface area contributed by atoms with Crippen LogP contribution in [-0.4, -0.2) is 48.7 Å². The normalized spacial score (nSPS) is 21.1. The molecule has 0 fully saturated rings. The number of halogens is 2. The van der Waals surface area contributed by atoms with Crippen molar-refractivity contribution in [3.63, 3.8) is 0 Å². The highest BCUT2D eigenvalue weighted by Crippen LogP contribution is 2.46. The molecule has 1 aromatic carbocycles. The van der Waals surface area contributed by atoms with E-state index in [4.69, 9.17) is 19.7 Å². The standard InChI is InChI=1S/C25H26F2N8O3S/c1-13-31-19(38-35-13)10-37-18-9-30-21-17(33-18)5-6-29-22(21)32-14-7-15(20(27)16(26)8-14)25(3)11-24(2,12-36-4)39-23(28)34-25/h5-9H,10-12H2,1-4H3,(H2,28,34)(H,29,32)/t24-,25+/m1/s1. The van der Waals surface area contributed by atoms with Gasteiger partial charge in [-0.15, -0.1) is 0 Å². The molecule has 0 unspecified atom stereocenters. The van der Waals surface area contributed by atoms with Crippen LogP contribution >= 0.6 is 11.8 Å². The summed E-state index contributed by atoms with van der Waals surface area (Å²) in [6.45, 7) is 5.79. The number of aryl methyl sites for hydroxylation is 1. The Labute approximate surface area is 226 Å². The molecule has 0 bridgehead atoms. The summed E-state index contributed by atoms with van der Waals surface area (Å²) in [6, 6.07) is 4.22. The summed E-state index contributed by atoms with van der Waals surface area (Å²) in [5.74, 6) is -0.684. The third-order valence-corrected chi connectivity index (χ3v) is 7.15. The van der Waals surface area contributed by atoms with Gasteiger partial charge in [0, 0.05) is 35.4 Å². The monoisotopic (exact) mass is 556 g/mol. The van der Waals surface area contributed by atoms with Gasteiger partial charge in [-0.25, -0.2) is 23.7 Å². The van der Waals surface area contributed by atoms with Gasteiger partial charge in [0.05, 0.1) is 23.9 Å².